The van der Waals surface area contributed by atoms with Gasteiger partial charge in [-0.1, -0.05) is 30.2 Å². The number of rotatable bonds is 6. The van der Waals surface area contributed by atoms with Crippen LogP contribution in [-0.4, -0.2) is 54.5 Å². The van der Waals surface area contributed by atoms with Crippen LogP contribution in [0.1, 0.15) is 44.9 Å². The zero-order chi connectivity index (χ0) is 17.5. The number of nitrogens with zero attached hydrogens (tertiary/aromatic N) is 2. The second-order valence-electron chi connectivity index (χ2n) is 7.15. The summed E-state index contributed by atoms with van der Waals surface area (Å²) in [5.74, 6) is 0.669. The van der Waals surface area contributed by atoms with Crippen molar-refractivity contribution in [1.82, 2.24) is 9.80 Å². The number of ether oxygens (including phenoxy) is 1. The van der Waals surface area contributed by atoms with Gasteiger partial charge in [-0.25, -0.2) is 0 Å². The molecule has 0 N–H and O–H groups in total. The summed E-state index contributed by atoms with van der Waals surface area (Å²) in [5, 5.41) is 0.551. The summed E-state index contributed by atoms with van der Waals surface area (Å²) in [6.07, 6.45) is 8.52. The lowest BCUT2D eigenvalue weighted by Crippen LogP contribution is -2.47. The predicted molar refractivity (Wildman–Crippen MR) is 108 cm³/mol. The van der Waals surface area contributed by atoms with Crippen LogP contribution in [0.2, 0.25) is 5.02 Å². The minimum absolute atomic E-state index is 0. The van der Waals surface area contributed by atoms with Crippen molar-refractivity contribution in [3.8, 4) is 5.75 Å². The fraction of sp³-hybridized carbons (Fsp3) is 0.650. The molecular formula is C20H30Cl2N2O2. The van der Waals surface area contributed by atoms with Gasteiger partial charge >= 0.3 is 0 Å². The van der Waals surface area contributed by atoms with E-state index in [-0.39, 0.29) is 24.9 Å². The van der Waals surface area contributed by atoms with Gasteiger partial charge in [-0.3, -0.25) is 4.79 Å². The summed E-state index contributed by atoms with van der Waals surface area (Å²) in [4.78, 5) is 17.3. The fourth-order valence-corrected chi connectivity index (χ4v) is 4.12. The van der Waals surface area contributed by atoms with Crippen LogP contribution >= 0.6 is 24.0 Å². The molecule has 0 spiro atoms. The average molecular weight is 401 g/mol. The third-order valence-corrected chi connectivity index (χ3v) is 5.67. The number of amides is 1. The second-order valence-corrected chi connectivity index (χ2v) is 7.55. The Labute approximate surface area is 168 Å². The normalized spacial score (nSPS) is 21.1. The fourth-order valence-electron chi connectivity index (χ4n) is 3.93. The van der Waals surface area contributed by atoms with Crippen LogP contribution in [-0.2, 0) is 4.79 Å². The summed E-state index contributed by atoms with van der Waals surface area (Å²) in [6.45, 7) is 4.48. The highest BCUT2D eigenvalue weighted by atomic mass is 35.5. The van der Waals surface area contributed by atoms with E-state index in [2.05, 4.69) is 4.90 Å². The van der Waals surface area contributed by atoms with Crippen LogP contribution in [0.25, 0.3) is 0 Å². The third kappa shape index (κ3) is 6.04. The number of carbonyl (C=O) groups excluding carboxylic acids is 1. The van der Waals surface area contributed by atoms with Crippen LogP contribution in [0.3, 0.4) is 0 Å². The molecule has 2 fully saturated rings. The summed E-state index contributed by atoms with van der Waals surface area (Å²) >= 11 is 6.10. The van der Waals surface area contributed by atoms with Crippen molar-refractivity contribution in [1.29, 1.82) is 0 Å². The monoisotopic (exact) mass is 400 g/mol. The lowest BCUT2D eigenvalue weighted by molar-refractivity contribution is -0.137. The molecule has 0 bridgehead atoms. The summed E-state index contributed by atoms with van der Waals surface area (Å²) in [5.41, 5.74) is 0. The van der Waals surface area contributed by atoms with Gasteiger partial charge < -0.3 is 14.5 Å². The van der Waals surface area contributed by atoms with Gasteiger partial charge in [0.25, 0.3) is 5.91 Å². The van der Waals surface area contributed by atoms with Gasteiger partial charge in [0.05, 0.1) is 5.02 Å². The van der Waals surface area contributed by atoms with E-state index in [4.69, 9.17) is 16.3 Å². The van der Waals surface area contributed by atoms with Crippen molar-refractivity contribution in [3.05, 3.63) is 29.3 Å². The summed E-state index contributed by atoms with van der Waals surface area (Å²) < 4.78 is 5.66. The van der Waals surface area contributed by atoms with Crippen molar-refractivity contribution in [2.45, 2.75) is 51.0 Å². The molecule has 3 rings (SSSR count). The van der Waals surface area contributed by atoms with Crippen molar-refractivity contribution in [2.75, 3.05) is 32.8 Å². The molecule has 0 radical (unpaired) electrons. The maximum atomic E-state index is 12.7. The highest BCUT2D eigenvalue weighted by Crippen LogP contribution is 2.24. The molecule has 0 aromatic heterocycles. The number of carbonyl (C=O) groups is 1. The Morgan fingerprint density at radius 1 is 1.08 bits per heavy atom. The zero-order valence-electron chi connectivity index (χ0n) is 15.4. The molecule has 1 amide bonds. The molecule has 1 aromatic carbocycles. The molecule has 4 nitrogen and oxygen atoms in total. The van der Waals surface area contributed by atoms with E-state index in [1.54, 1.807) is 12.1 Å². The first-order valence-electron chi connectivity index (χ1n) is 9.63. The van der Waals surface area contributed by atoms with Gasteiger partial charge in [0.1, 0.15) is 5.75 Å². The SMILES string of the molecule is Cl.O=C(COc1ccccc1Cl)N1CCCCC1CCN1CCCCC1. The minimum atomic E-state index is 0. The molecule has 1 aromatic rings. The Morgan fingerprint density at radius 3 is 2.58 bits per heavy atom. The van der Waals surface area contributed by atoms with E-state index >= 15 is 0 Å². The standard InChI is InChI=1S/C20H29ClN2O2.ClH/c21-18-9-2-3-10-19(18)25-16-20(24)23-14-7-4-8-17(23)11-15-22-12-5-1-6-13-22;/h2-3,9-10,17H,1,4-8,11-16H2;1H. The number of benzene rings is 1. The van der Waals surface area contributed by atoms with Gasteiger partial charge in [0.2, 0.25) is 0 Å². The Balaban J connectivity index is 0.00000243. The predicted octanol–water partition coefficient (Wildman–Crippen LogP) is 4.40. The van der Waals surface area contributed by atoms with Gasteiger partial charge in [-0.05, 0) is 63.7 Å². The van der Waals surface area contributed by atoms with Gasteiger partial charge in [-0.2, -0.15) is 0 Å². The van der Waals surface area contributed by atoms with Crippen molar-refractivity contribution < 1.29 is 9.53 Å². The Morgan fingerprint density at radius 2 is 1.81 bits per heavy atom. The number of hydrogen-bond acceptors (Lipinski definition) is 3. The maximum Gasteiger partial charge on any atom is 0.260 e. The molecule has 2 heterocycles. The van der Waals surface area contributed by atoms with Crippen LogP contribution in [0.15, 0.2) is 24.3 Å². The third-order valence-electron chi connectivity index (χ3n) is 5.36. The van der Waals surface area contributed by atoms with E-state index in [9.17, 15) is 4.79 Å². The Hall–Kier alpha value is -0.970. The number of likely N-dealkylation sites (tertiary alicyclic amines) is 2. The smallest absolute Gasteiger partial charge is 0.260 e. The summed E-state index contributed by atoms with van der Waals surface area (Å²) in [7, 11) is 0. The average Bonchev–Trinajstić information content (AvgIpc) is 2.66. The molecular weight excluding hydrogens is 371 g/mol. The van der Waals surface area contributed by atoms with E-state index in [0.29, 0.717) is 16.8 Å². The van der Waals surface area contributed by atoms with E-state index in [1.807, 2.05) is 17.0 Å². The molecule has 2 aliphatic rings. The van der Waals surface area contributed by atoms with Crippen LogP contribution in [0.4, 0.5) is 0 Å². The Bertz CT molecular complexity index is 564. The quantitative estimate of drug-likeness (QED) is 0.709. The minimum Gasteiger partial charge on any atom is -0.482 e. The van der Waals surface area contributed by atoms with E-state index < -0.39 is 0 Å². The number of para-hydroxylation sites is 1. The van der Waals surface area contributed by atoms with Crippen molar-refractivity contribution in [2.24, 2.45) is 0 Å². The van der Waals surface area contributed by atoms with Crippen LogP contribution in [0.5, 0.6) is 5.75 Å². The molecule has 26 heavy (non-hydrogen) atoms. The molecule has 2 saturated heterocycles. The molecule has 1 atom stereocenters. The van der Waals surface area contributed by atoms with Gasteiger partial charge in [-0.15, -0.1) is 12.4 Å². The highest BCUT2D eigenvalue weighted by Gasteiger charge is 2.27. The van der Waals surface area contributed by atoms with E-state index in [1.165, 1.54) is 38.8 Å². The summed E-state index contributed by atoms with van der Waals surface area (Å²) in [6, 6.07) is 7.67. The molecule has 6 heteroatoms. The lowest BCUT2D eigenvalue weighted by Gasteiger charge is -2.37. The number of halogens is 2. The number of hydrogen-bond donors (Lipinski definition) is 0. The van der Waals surface area contributed by atoms with Crippen LogP contribution < -0.4 is 4.74 Å². The van der Waals surface area contributed by atoms with Crippen molar-refractivity contribution >= 4 is 29.9 Å². The molecule has 2 aliphatic heterocycles. The first-order valence-corrected chi connectivity index (χ1v) is 10.0. The largest absolute Gasteiger partial charge is 0.482 e. The second kappa shape index (κ2) is 11.0. The van der Waals surface area contributed by atoms with Crippen LogP contribution in [0, 0.1) is 0 Å². The number of piperidine rings is 2. The molecule has 0 saturated carbocycles. The molecule has 1 unspecified atom stereocenters. The van der Waals surface area contributed by atoms with Crippen molar-refractivity contribution in [3.63, 3.8) is 0 Å². The maximum absolute atomic E-state index is 12.7. The topological polar surface area (TPSA) is 32.8 Å². The highest BCUT2D eigenvalue weighted by molar-refractivity contribution is 6.32. The first-order chi connectivity index (χ1) is 12.2. The van der Waals surface area contributed by atoms with Gasteiger partial charge in [0.15, 0.2) is 6.61 Å². The molecule has 146 valence electrons. The van der Waals surface area contributed by atoms with Gasteiger partial charge in [0, 0.05) is 19.1 Å². The zero-order valence-corrected chi connectivity index (χ0v) is 16.9. The molecule has 0 aliphatic carbocycles. The first kappa shape index (κ1) is 21.3. The Kier molecular flexibility index (Phi) is 9.03. The van der Waals surface area contributed by atoms with E-state index in [0.717, 1.165) is 32.4 Å². The lowest BCUT2D eigenvalue weighted by atomic mass is 9.98.